The average Bonchev–Trinajstić information content (AvgIpc) is 2.65. The normalized spacial score (nSPS) is 10.2. The van der Waals surface area contributed by atoms with Gasteiger partial charge in [0.05, 0.1) is 14.2 Å². The number of ether oxygens (including phenoxy) is 3. The Morgan fingerprint density at radius 3 is 2.46 bits per heavy atom. The number of carbonyl (C=O) groups excluding carboxylic acids is 1. The first kappa shape index (κ1) is 19.7. The van der Waals surface area contributed by atoms with Crippen LogP contribution in [-0.2, 0) is 6.54 Å². The molecule has 0 aliphatic heterocycles. The summed E-state index contributed by atoms with van der Waals surface area (Å²) < 4.78 is 16.2. The van der Waals surface area contributed by atoms with Crippen molar-refractivity contribution in [3.8, 4) is 17.2 Å². The van der Waals surface area contributed by atoms with Crippen LogP contribution in [0.1, 0.15) is 15.9 Å². The number of benzene rings is 2. The Kier molecular flexibility index (Phi) is 6.92. The van der Waals surface area contributed by atoms with Gasteiger partial charge in [0.15, 0.2) is 11.5 Å². The van der Waals surface area contributed by atoms with E-state index in [1.807, 2.05) is 0 Å². The molecular weight excluding hydrogens is 354 g/mol. The van der Waals surface area contributed by atoms with Crippen molar-refractivity contribution in [2.45, 2.75) is 6.54 Å². The van der Waals surface area contributed by atoms with E-state index in [0.717, 1.165) is 5.56 Å². The van der Waals surface area contributed by atoms with E-state index in [0.29, 0.717) is 41.0 Å². The molecule has 2 rings (SSSR count). The summed E-state index contributed by atoms with van der Waals surface area (Å²) in [5, 5.41) is 0.590. The molecule has 0 saturated heterocycles. The highest BCUT2D eigenvalue weighted by Crippen LogP contribution is 2.29. The minimum Gasteiger partial charge on any atom is -0.496 e. The number of halogens is 1. The van der Waals surface area contributed by atoms with Crippen molar-refractivity contribution >= 4 is 17.5 Å². The number of methoxy groups -OCH3 is 2. The van der Waals surface area contributed by atoms with Gasteiger partial charge in [0.1, 0.15) is 12.4 Å². The fourth-order valence-electron chi connectivity index (χ4n) is 2.49. The number of hydrogen-bond donors (Lipinski definition) is 0. The van der Waals surface area contributed by atoms with Gasteiger partial charge in [0, 0.05) is 29.7 Å². The van der Waals surface area contributed by atoms with E-state index in [1.54, 1.807) is 61.5 Å². The van der Waals surface area contributed by atoms with E-state index in [-0.39, 0.29) is 5.91 Å². The van der Waals surface area contributed by atoms with Crippen LogP contribution in [0.15, 0.2) is 49.1 Å². The smallest absolute Gasteiger partial charge is 0.254 e. The fraction of sp³-hybridized carbons (Fsp3) is 0.250. The lowest BCUT2D eigenvalue weighted by molar-refractivity contribution is 0.0783. The summed E-state index contributed by atoms with van der Waals surface area (Å²) in [6.07, 6.45) is 1.64. The zero-order chi connectivity index (χ0) is 19.1. The molecule has 0 heterocycles. The van der Waals surface area contributed by atoms with Crippen LogP contribution in [0.25, 0.3) is 0 Å². The van der Waals surface area contributed by atoms with Crippen molar-refractivity contribution < 1.29 is 19.0 Å². The summed E-state index contributed by atoms with van der Waals surface area (Å²) in [5.74, 6) is 1.58. The molecule has 5 nitrogen and oxygen atoms in total. The molecule has 0 unspecified atom stereocenters. The summed E-state index contributed by atoms with van der Waals surface area (Å²) in [6, 6.07) is 10.4. The maximum atomic E-state index is 12.8. The minimum atomic E-state index is -0.152. The van der Waals surface area contributed by atoms with Gasteiger partial charge in [-0.25, -0.2) is 0 Å². The van der Waals surface area contributed by atoms with Crippen LogP contribution >= 0.6 is 11.6 Å². The second kappa shape index (κ2) is 9.15. The summed E-state index contributed by atoms with van der Waals surface area (Å²) in [6.45, 7) is 4.33. The molecule has 138 valence electrons. The number of hydrogen-bond acceptors (Lipinski definition) is 4. The summed E-state index contributed by atoms with van der Waals surface area (Å²) >= 11 is 6.06. The maximum Gasteiger partial charge on any atom is 0.254 e. The van der Waals surface area contributed by atoms with Gasteiger partial charge in [-0.05, 0) is 36.4 Å². The van der Waals surface area contributed by atoms with E-state index >= 15 is 0 Å². The molecule has 0 aliphatic carbocycles. The maximum absolute atomic E-state index is 12.8. The first-order chi connectivity index (χ1) is 12.5. The highest BCUT2D eigenvalue weighted by molar-refractivity contribution is 6.30. The van der Waals surface area contributed by atoms with Crippen LogP contribution in [0.2, 0.25) is 5.02 Å². The van der Waals surface area contributed by atoms with Gasteiger partial charge < -0.3 is 19.1 Å². The van der Waals surface area contributed by atoms with Gasteiger partial charge in [0.2, 0.25) is 0 Å². The van der Waals surface area contributed by atoms with Crippen LogP contribution in [0.3, 0.4) is 0 Å². The molecule has 0 atom stereocenters. The standard InChI is InChI=1S/C20H22ClNO4/c1-5-10-26-18-8-6-14(12-19(18)25-4)20(23)22(2)13-15-11-16(21)7-9-17(15)24-3/h5-9,11-12H,1,10,13H2,2-4H3. The van der Waals surface area contributed by atoms with Crippen LogP contribution < -0.4 is 14.2 Å². The topological polar surface area (TPSA) is 48.0 Å². The Morgan fingerprint density at radius 2 is 1.81 bits per heavy atom. The fourth-order valence-corrected chi connectivity index (χ4v) is 2.68. The molecule has 0 radical (unpaired) electrons. The molecule has 0 aromatic heterocycles. The van der Waals surface area contributed by atoms with Crippen molar-refractivity contribution in [2.24, 2.45) is 0 Å². The molecule has 1 amide bonds. The molecule has 6 heteroatoms. The zero-order valence-electron chi connectivity index (χ0n) is 15.1. The number of nitrogens with zero attached hydrogens (tertiary/aromatic N) is 1. The predicted molar refractivity (Wildman–Crippen MR) is 102 cm³/mol. The lowest BCUT2D eigenvalue weighted by Gasteiger charge is -2.20. The molecule has 2 aromatic carbocycles. The van der Waals surface area contributed by atoms with Crippen LogP contribution in [-0.4, -0.2) is 38.7 Å². The Bertz CT molecular complexity index is 791. The van der Waals surface area contributed by atoms with Crippen molar-refractivity contribution in [3.63, 3.8) is 0 Å². The third-order valence-electron chi connectivity index (χ3n) is 3.76. The lowest BCUT2D eigenvalue weighted by Crippen LogP contribution is -2.26. The lowest BCUT2D eigenvalue weighted by atomic mass is 10.1. The third-order valence-corrected chi connectivity index (χ3v) is 4.00. The van der Waals surface area contributed by atoms with Gasteiger partial charge >= 0.3 is 0 Å². The third kappa shape index (κ3) is 4.70. The summed E-state index contributed by atoms with van der Waals surface area (Å²) in [5.41, 5.74) is 1.32. The molecule has 0 N–H and O–H groups in total. The summed E-state index contributed by atoms with van der Waals surface area (Å²) in [7, 11) is 4.84. The van der Waals surface area contributed by atoms with Gasteiger partial charge in [-0.2, -0.15) is 0 Å². The predicted octanol–water partition coefficient (Wildman–Crippen LogP) is 4.19. The molecular formula is C20H22ClNO4. The van der Waals surface area contributed by atoms with Crippen LogP contribution in [0.5, 0.6) is 17.2 Å². The Hall–Kier alpha value is -2.66. The number of rotatable bonds is 8. The van der Waals surface area contributed by atoms with Crippen molar-refractivity contribution in [1.82, 2.24) is 4.90 Å². The van der Waals surface area contributed by atoms with Gasteiger partial charge in [-0.15, -0.1) is 0 Å². The van der Waals surface area contributed by atoms with E-state index < -0.39 is 0 Å². The molecule has 0 bridgehead atoms. The second-order valence-electron chi connectivity index (χ2n) is 5.58. The quantitative estimate of drug-likeness (QED) is 0.649. The highest BCUT2D eigenvalue weighted by atomic mass is 35.5. The average molecular weight is 376 g/mol. The van der Waals surface area contributed by atoms with Gasteiger partial charge in [-0.1, -0.05) is 24.3 Å². The van der Waals surface area contributed by atoms with E-state index in [1.165, 1.54) is 7.11 Å². The van der Waals surface area contributed by atoms with Crippen molar-refractivity contribution in [2.75, 3.05) is 27.9 Å². The van der Waals surface area contributed by atoms with E-state index in [4.69, 9.17) is 25.8 Å². The van der Waals surface area contributed by atoms with Crippen LogP contribution in [0, 0.1) is 0 Å². The Morgan fingerprint density at radius 1 is 1.12 bits per heavy atom. The molecule has 0 aliphatic rings. The number of amides is 1. The highest BCUT2D eigenvalue weighted by Gasteiger charge is 2.17. The minimum absolute atomic E-state index is 0.152. The van der Waals surface area contributed by atoms with E-state index in [9.17, 15) is 4.79 Å². The molecule has 0 saturated carbocycles. The monoisotopic (exact) mass is 375 g/mol. The number of carbonyl (C=O) groups is 1. The van der Waals surface area contributed by atoms with Crippen molar-refractivity contribution in [1.29, 1.82) is 0 Å². The zero-order valence-corrected chi connectivity index (χ0v) is 15.9. The molecule has 2 aromatic rings. The van der Waals surface area contributed by atoms with Crippen LogP contribution in [0.4, 0.5) is 0 Å². The van der Waals surface area contributed by atoms with Gasteiger partial charge in [0.25, 0.3) is 5.91 Å². The largest absolute Gasteiger partial charge is 0.496 e. The molecule has 0 fully saturated rings. The summed E-state index contributed by atoms with van der Waals surface area (Å²) in [4.78, 5) is 14.4. The Labute approximate surface area is 158 Å². The first-order valence-corrected chi connectivity index (χ1v) is 8.37. The van der Waals surface area contributed by atoms with Crippen molar-refractivity contribution in [3.05, 3.63) is 65.2 Å². The second-order valence-corrected chi connectivity index (χ2v) is 6.02. The molecule has 0 spiro atoms. The molecule has 26 heavy (non-hydrogen) atoms. The van der Waals surface area contributed by atoms with E-state index in [2.05, 4.69) is 6.58 Å². The SMILES string of the molecule is C=CCOc1ccc(C(=O)N(C)Cc2cc(Cl)ccc2OC)cc1OC. The van der Waals surface area contributed by atoms with Gasteiger partial charge in [-0.3, -0.25) is 4.79 Å². The Balaban J connectivity index is 2.20. The first-order valence-electron chi connectivity index (χ1n) is 7.99.